The second-order valence-electron chi connectivity index (χ2n) is 16.1. The van der Waals surface area contributed by atoms with Gasteiger partial charge in [0.05, 0.1) is 42.7 Å². The summed E-state index contributed by atoms with van der Waals surface area (Å²) in [7, 11) is 8.66. The number of nitrogens with one attached hydrogen (secondary N) is 2. The molecule has 54 heavy (non-hydrogen) atoms. The van der Waals surface area contributed by atoms with Gasteiger partial charge in [0.15, 0.2) is 0 Å². The van der Waals surface area contributed by atoms with Gasteiger partial charge in [0.25, 0.3) is 0 Å². The van der Waals surface area contributed by atoms with Crippen LogP contribution in [0.25, 0.3) is 10.8 Å². The van der Waals surface area contributed by atoms with Crippen LogP contribution in [-0.2, 0) is 35.1 Å². The predicted octanol–water partition coefficient (Wildman–Crippen LogP) is 4.54. The van der Waals surface area contributed by atoms with Crippen LogP contribution in [0.2, 0.25) is 0 Å². The van der Waals surface area contributed by atoms with Crippen LogP contribution in [0.4, 0.5) is 0 Å². The molecule has 2 heterocycles. The highest BCUT2D eigenvalue weighted by Gasteiger charge is 2.43. The molecule has 0 spiro atoms. The normalized spacial score (nSPS) is 18.6. The van der Waals surface area contributed by atoms with Gasteiger partial charge in [0, 0.05) is 52.1 Å². The number of carbonyl (C=O) groups is 4. The number of likely N-dealkylation sites (N-methyl/N-ethyl adjacent to an activating group) is 2. The number of ether oxygens (including phenoxy) is 2. The minimum atomic E-state index is -0.744. The number of aromatic nitrogens is 1. The van der Waals surface area contributed by atoms with Crippen molar-refractivity contribution in [3.05, 3.63) is 42.2 Å². The zero-order chi connectivity index (χ0) is 40.3. The van der Waals surface area contributed by atoms with Crippen molar-refractivity contribution in [3.63, 3.8) is 0 Å². The number of nitrogens with zero attached hydrogens (tertiary/aromatic N) is 4. The lowest BCUT2D eigenvalue weighted by Crippen LogP contribution is -2.59. The summed E-state index contributed by atoms with van der Waals surface area (Å²) in [4.78, 5) is 64.8. The van der Waals surface area contributed by atoms with Gasteiger partial charge in [-0.15, -0.1) is 0 Å². The van der Waals surface area contributed by atoms with Crippen molar-refractivity contribution in [2.75, 3.05) is 48.5 Å². The highest BCUT2D eigenvalue weighted by atomic mass is 16.5. The molecular weight excluding hydrogens is 684 g/mol. The lowest BCUT2D eigenvalue weighted by atomic mass is 9.89. The molecule has 0 radical (unpaired) electrons. The smallest absolute Gasteiger partial charge is 0.245 e. The molecule has 1 aliphatic rings. The van der Waals surface area contributed by atoms with Crippen LogP contribution in [0, 0.1) is 23.7 Å². The van der Waals surface area contributed by atoms with Gasteiger partial charge in [-0.2, -0.15) is 0 Å². The van der Waals surface area contributed by atoms with E-state index >= 15 is 0 Å². The molecule has 1 aliphatic heterocycles. The molecule has 1 unspecified atom stereocenters. The second kappa shape index (κ2) is 20.9. The van der Waals surface area contributed by atoms with Crippen molar-refractivity contribution in [2.45, 2.75) is 117 Å². The van der Waals surface area contributed by atoms with Gasteiger partial charge in [-0.05, 0) is 68.1 Å². The number of rotatable bonds is 20. The Bertz CT molecular complexity index is 1530. The van der Waals surface area contributed by atoms with E-state index in [0.29, 0.717) is 19.5 Å². The number of likely N-dealkylation sites (tertiary alicyclic amines) is 1. The van der Waals surface area contributed by atoms with Crippen molar-refractivity contribution in [2.24, 2.45) is 23.7 Å². The first kappa shape index (κ1) is 44.8. The molecule has 302 valence electrons. The van der Waals surface area contributed by atoms with E-state index in [1.807, 2.05) is 76.8 Å². The molecule has 1 fully saturated rings. The van der Waals surface area contributed by atoms with Gasteiger partial charge in [-0.25, -0.2) is 0 Å². The molecule has 8 atom stereocenters. The number of methoxy groups -OCH3 is 2. The number of hydrogen-bond acceptors (Lipinski definition) is 8. The molecule has 12 nitrogen and oxygen atoms in total. The van der Waals surface area contributed by atoms with Gasteiger partial charge in [-0.1, -0.05) is 73.1 Å². The van der Waals surface area contributed by atoms with Crippen LogP contribution < -0.4 is 10.6 Å². The van der Waals surface area contributed by atoms with Gasteiger partial charge < -0.3 is 29.9 Å². The lowest BCUT2D eigenvalue weighted by Gasteiger charge is -2.41. The number of amides is 4. The SMILES string of the molecule is CC[C@H](C)C([C@@H](CC(=O)N1CCC[C@H]1[C@H](OC)[C@@H](C)C(=O)NCCc1ccc2cnccc2c1)OC)N(C)C(=O)[C@@H](NC(=O)[C@H](C(C)C)N(C)C)C(C)C. The van der Waals surface area contributed by atoms with Crippen LogP contribution in [0.5, 0.6) is 0 Å². The van der Waals surface area contributed by atoms with Crippen LogP contribution in [0.15, 0.2) is 36.7 Å². The Balaban J connectivity index is 1.71. The van der Waals surface area contributed by atoms with Crippen LogP contribution in [0.1, 0.15) is 79.7 Å². The zero-order valence-corrected chi connectivity index (χ0v) is 34.9. The maximum Gasteiger partial charge on any atom is 0.245 e. The van der Waals surface area contributed by atoms with Crippen molar-refractivity contribution < 1.29 is 28.7 Å². The number of fused-ring (bicyclic) bond motifs is 1. The van der Waals surface area contributed by atoms with Crippen molar-refractivity contribution in [3.8, 4) is 0 Å². The Morgan fingerprint density at radius 1 is 0.944 bits per heavy atom. The summed E-state index contributed by atoms with van der Waals surface area (Å²) >= 11 is 0. The topological polar surface area (TPSA) is 133 Å². The molecule has 12 heteroatoms. The Kier molecular flexibility index (Phi) is 17.3. The van der Waals surface area contributed by atoms with E-state index in [9.17, 15) is 19.2 Å². The third-order valence-electron chi connectivity index (χ3n) is 11.4. The molecule has 2 aromatic rings. The predicted molar refractivity (Wildman–Crippen MR) is 214 cm³/mol. The average molecular weight is 753 g/mol. The second-order valence-corrected chi connectivity index (χ2v) is 16.1. The van der Waals surface area contributed by atoms with E-state index in [1.54, 1.807) is 32.4 Å². The van der Waals surface area contributed by atoms with Gasteiger partial charge in [0.1, 0.15) is 6.04 Å². The molecule has 0 aliphatic carbocycles. The third kappa shape index (κ3) is 11.2. The molecule has 4 amide bonds. The minimum Gasteiger partial charge on any atom is -0.379 e. The maximum atomic E-state index is 14.2. The molecule has 0 bridgehead atoms. The lowest BCUT2D eigenvalue weighted by molar-refractivity contribution is -0.148. The third-order valence-corrected chi connectivity index (χ3v) is 11.4. The largest absolute Gasteiger partial charge is 0.379 e. The van der Waals surface area contributed by atoms with E-state index in [2.05, 4.69) is 41.6 Å². The molecule has 0 saturated carbocycles. The fourth-order valence-electron chi connectivity index (χ4n) is 8.19. The van der Waals surface area contributed by atoms with Crippen molar-refractivity contribution >= 4 is 34.4 Å². The molecule has 1 aromatic carbocycles. The van der Waals surface area contributed by atoms with Crippen LogP contribution in [0.3, 0.4) is 0 Å². The standard InChI is InChI=1S/C42H68N6O6/c1-13-28(6)38(47(10)42(52)36(26(2)3)45-41(51)37(27(4)5)46(8)9)34(53-11)24-35(49)48-22-14-15-33(48)39(54-12)29(7)40(50)44-21-18-30-16-17-32-25-43-20-19-31(32)23-30/h16-17,19-20,23,25-29,33-34,36-39H,13-15,18,21-22,24H2,1-12H3,(H,44,50)(H,45,51)/t28-,29+,33-,34+,36-,37-,38?,39+/m0/s1. The monoisotopic (exact) mass is 753 g/mol. The fraction of sp³-hybridized carbons (Fsp3) is 0.690. The Hall–Kier alpha value is -3.61. The summed E-state index contributed by atoms with van der Waals surface area (Å²) in [6.45, 7) is 14.8. The summed E-state index contributed by atoms with van der Waals surface area (Å²) in [6.07, 6.45) is 5.56. The summed E-state index contributed by atoms with van der Waals surface area (Å²) in [6, 6.07) is 6.37. The summed E-state index contributed by atoms with van der Waals surface area (Å²) < 4.78 is 12.0. The average Bonchev–Trinajstić information content (AvgIpc) is 3.62. The molecule has 3 rings (SSSR count). The van der Waals surface area contributed by atoms with Crippen LogP contribution in [-0.4, -0.2) is 128 Å². The summed E-state index contributed by atoms with van der Waals surface area (Å²) in [5, 5.41) is 8.32. The van der Waals surface area contributed by atoms with Gasteiger partial charge in [0.2, 0.25) is 23.6 Å². The highest BCUT2D eigenvalue weighted by Crippen LogP contribution is 2.30. The Morgan fingerprint density at radius 2 is 1.65 bits per heavy atom. The van der Waals surface area contributed by atoms with Crippen LogP contribution >= 0.6 is 0 Å². The first-order chi connectivity index (χ1) is 25.6. The van der Waals surface area contributed by atoms with E-state index in [4.69, 9.17) is 9.47 Å². The van der Waals surface area contributed by atoms with E-state index in [1.165, 1.54) is 0 Å². The minimum absolute atomic E-state index is 0.00170. The molecule has 2 N–H and O–H groups in total. The molecular formula is C42H68N6O6. The number of carbonyl (C=O) groups excluding carboxylic acids is 4. The zero-order valence-electron chi connectivity index (χ0n) is 34.9. The summed E-state index contributed by atoms with van der Waals surface area (Å²) in [5.41, 5.74) is 1.13. The van der Waals surface area contributed by atoms with E-state index in [0.717, 1.165) is 35.6 Å². The summed E-state index contributed by atoms with van der Waals surface area (Å²) in [5.74, 6) is -1.21. The maximum absolute atomic E-state index is 14.2. The number of hydrogen-bond donors (Lipinski definition) is 2. The van der Waals surface area contributed by atoms with Crippen molar-refractivity contribution in [1.29, 1.82) is 0 Å². The van der Waals surface area contributed by atoms with Crippen molar-refractivity contribution in [1.82, 2.24) is 30.3 Å². The quantitative estimate of drug-likeness (QED) is 0.202. The number of benzene rings is 1. The highest BCUT2D eigenvalue weighted by molar-refractivity contribution is 5.90. The van der Waals surface area contributed by atoms with E-state index < -0.39 is 30.2 Å². The van der Waals surface area contributed by atoms with Gasteiger partial charge in [-0.3, -0.25) is 29.1 Å². The first-order valence-electron chi connectivity index (χ1n) is 19.8. The first-order valence-corrected chi connectivity index (χ1v) is 19.8. The Labute approximate surface area is 324 Å². The molecule has 1 aromatic heterocycles. The fourth-order valence-corrected chi connectivity index (χ4v) is 8.19. The Morgan fingerprint density at radius 3 is 2.24 bits per heavy atom. The van der Waals surface area contributed by atoms with Gasteiger partial charge >= 0.3 is 0 Å². The van der Waals surface area contributed by atoms with E-state index in [-0.39, 0.29) is 59.9 Å². The molecule has 1 saturated heterocycles. The number of pyridine rings is 1.